The van der Waals surface area contributed by atoms with Gasteiger partial charge in [0.15, 0.2) is 5.78 Å². The number of ketones is 1. The summed E-state index contributed by atoms with van der Waals surface area (Å²) in [6.07, 6.45) is -2.91. The van der Waals surface area contributed by atoms with Crippen LogP contribution in [0, 0.1) is 0 Å². The van der Waals surface area contributed by atoms with E-state index in [4.69, 9.17) is 0 Å². The van der Waals surface area contributed by atoms with E-state index in [0.29, 0.717) is 0 Å². The molecule has 105 valence electrons. The maximum absolute atomic E-state index is 12.6. The molecule has 0 aliphatic carbocycles. The first-order valence-electron chi connectivity index (χ1n) is 5.60. The van der Waals surface area contributed by atoms with Crippen LogP contribution < -0.4 is 5.32 Å². The van der Waals surface area contributed by atoms with Gasteiger partial charge in [0.05, 0.1) is 15.8 Å². The molecule has 1 aliphatic rings. The Bertz CT molecular complexity index is 596. The fourth-order valence-electron chi connectivity index (χ4n) is 1.70. The molecule has 0 saturated heterocycles. The highest BCUT2D eigenvalue weighted by Gasteiger charge is 2.33. The lowest BCUT2D eigenvalue weighted by Crippen LogP contribution is -2.10. The number of halogens is 3. The van der Waals surface area contributed by atoms with Crippen molar-refractivity contribution in [2.24, 2.45) is 0 Å². The first-order valence-corrected chi connectivity index (χ1v) is 6.48. The number of Topliss-reactive ketones (excluding diaryl/α,β-unsaturated/α-hetero) is 1. The van der Waals surface area contributed by atoms with Crippen molar-refractivity contribution in [1.29, 1.82) is 0 Å². The lowest BCUT2D eigenvalue weighted by molar-refractivity contribution is -0.137. The van der Waals surface area contributed by atoms with Crippen LogP contribution in [0.4, 0.5) is 18.9 Å². The smallest absolute Gasteiger partial charge is 0.349 e. The molecule has 1 radical (unpaired) electrons. The SMILES string of the molecule is CC1SC(Nc2cccc(C(F)(F)F)c2)=C([C]=O)C1=O. The number of nitrogens with one attached hydrogen (secondary N) is 1. The van der Waals surface area contributed by atoms with E-state index in [1.54, 1.807) is 6.92 Å². The minimum absolute atomic E-state index is 0.153. The van der Waals surface area contributed by atoms with E-state index in [-0.39, 0.29) is 22.1 Å². The number of carbonyl (C=O) groups is 1. The zero-order valence-electron chi connectivity index (χ0n) is 10.2. The van der Waals surface area contributed by atoms with Crippen LogP contribution in [-0.4, -0.2) is 17.3 Å². The van der Waals surface area contributed by atoms with Gasteiger partial charge in [-0.25, -0.2) is 0 Å². The fourth-order valence-corrected chi connectivity index (χ4v) is 2.71. The lowest BCUT2D eigenvalue weighted by atomic mass is 10.1. The Morgan fingerprint density at radius 1 is 1.35 bits per heavy atom. The Balaban J connectivity index is 2.29. The Morgan fingerprint density at radius 3 is 2.65 bits per heavy atom. The molecular formula is C13H9F3NO2S. The van der Waals surface area contributed by atoms with Crippen LogP contribution in [0.2, 0.25) is 0 Å². The maximum atomic E-state index is 12.6. The summed E-state index contributed by atoms with van der Waals surface area (Å²) in [4.78, 5) is 22.4. The third kappa shape index (κ3) is 2.87. The molecule has 1 unspecified atom stereocenters. The molecule has 0 amide bonds. The van der Waals surface area contributed by atoms with Gasteiger partial charge in [-0.2, -0.15) is 13.2 Å². The van der Waals surface area contributed by atoms with Crippen molar-refractivity contribution in [3.05, 3.63) is 40.4 Å². The molecule has 1 aliphatic heterocycles. The van der Waals surface area contributed by atoms with Crippen LogP contribution in [0.15, 0.2) is 34.9 Å². The molecule has 0 saturated carbocycles. The average Bonchev–Trinajstić information content (AvgIpc) is 2.64. The molecule has 3 nitrogen and oxygen atoms in total. The number of carbonyl (C=O) groups excluding carboxylic acids is 2. The molecular weight excluding hydrogens is 291 g/mol. The zero-order valence-corrected chi connectivity index (χ0v) is 11.1. The summed E-state index contributed by atoms with van der Waals surface area (Å²) < 4.78 is 37.8. The summed E-state index contributed by atoms with van der Waals surface area (Å²) >= 11 is 1.09. The topological polar surface area (TPSA) is 46.2 Å². The number of hydrogen-bond donors (Lipinski definition) is 1. The number of benzene rings is 1. The molecule has 0 fully saturated rings. The minimum atomic E-state index is -4.45. The third-order valence-electron chi connectivity index (χ3n) is 2.69. The third-order valence-corrected chi connectivity index (χ3v) is 3.80. The van der Waals surface area contributed by atoms with Gasteiger partial charge in [-0.3, -0.25) is 9.59 Å². The summed E-state index contributed by atoms with van der Waals surface area (Å²) in [5.74, 6) is -0.375. The zero-order chi connectivity index (χ0) is 14.9. The van der Waals surface area contributed by atoms with Gasteiger partial charge < -0.3 is 5.32 Å². The highest BCUT2D eigenvalue weighted by Crippen LogP contribution is 2.36. The second-order valence-electron chi connectivity index (χ2n) is 4.13. The van der Waals surface area contributed by atoms with Crippen LogP contribution in [-0.2, 0) is 15.8 Å². The van der Waals surface area contributed by atoms with Crippen molar-refractivity contribution >= 4 is 29.5 Å². The van der Waals surface area contributed by atoms with Crippen molar-refractivity contribution < 1.29 is 22.8 Å². The van der Waals surface area contributed by atoms with Crippen LogP contribution in [0.3, 0.4) is 0 Å². The number of allylic oxidation sites excluding steroid dienone is 1. The number of hydrogen-bond acceptors (Lipinski definition) is 4. The second kappa shape index (κ2) is 5.32. The number of thioether (sulfide) groups is 1. The molecule has 1 aromatic rings. The molecule has 0 bridgehead atoms. The van der Waals surface area contributed by atoms with Gasteiger partial charge in [0.2, 0.25) is 6.29 Å². The van der Waals surface area contributed by atoms with Gasteiger partial charge in [0.1, 0.15) is 5.57 Å². The average molecular weight is 300 g/mol. The van der Waals surface area contributed by atoms with E-state index in [9.17, 15) is 22.8 Å². The largest absolute Gasteiger partial charge is 0.416 e. The predicted molar refractivity (Wildman–Crippen MR) is 69.8 cm³/mol. The molecule has 1 heterocycles. The molecule has 1 aromatic carbocycles. The summed E-state index contributed by atoms with van der Waals surface area (Å²) in [7, 11) is 0. The normalized spacial score (nSPS) is 19.4. The van der Waals surface area contributed by atoms with Gasteiger partial charge in [-0.05, 0) is 25.1 Å². The Morgan fingerprint density at radius 2 is 2.05 bits per heavy atom. The molecule has 7 heteroatoms. The molecule has 0 spiro atoms. The first kappa shape index (κ1) is 14.6. The second-order valence-corrected chi connectivity index (χ2v) is 5.49. The maximum Gasteiger partial charge on any atom is 0.416 e. The quantitative estimate of drug-likeness (QED) is 0.871. The van der Waals surface area contributed by atoms with Gasteiger partial charge in [0, 0.05) is 5.69 Å². The first-order chi connectivity index (χ1) is 9.32. The van der Waals surface area contributed by atoms with Crippen molar-refractivity contribution in [3.63, 3.8) is 0 Å². The minimum Gasteiger partial charge on any atom is -0.349 e. The van der Waals surface area contributed by atoms with Crippen molar-refractivity contribution in [2.75, 3.05) is 5.32 Å². The van der Waals surface area contributed by atoms with Crippen LogP contribution in [0.5, 0.6) is 0 Å². The molecule has 0 aromatic heterocycles. The highest BCUT2D eigenvalue weighted by molar-refractivity contribution is 8.05. The Labute approximate surface area is 117 Å². The predicted octanol–water partition coefficient (Wildman–Crippen LogP) is 3.14. The van der Waals surface area contributed by atoms with E-state index < -0.39 is 17.0 Å². The Kier molecular flexibility index (Phi) is 3.89. The van der Waals surface area contributed by atoms with Gasteiger partial charge in [-0.1, -0.05) is 17.8 Å². The van der Waals surface area contributed by atoms with Crippen LogP contribution in [0.25, 0.3) is 0 Å². The standard InChI is InChI=1S/C13H9F3NO2S/c1-7-11(19)10(6-18)12(20-7)17-9-4-2-3-8(5-9)13(14,15)16/h2-5,7,17H,1H3. The van der Waals surface area contributed by atoms with Gasteiger partial charge in [0.25, 0.3) is 0 Å². The summed E-state index contributed by atoms with van der Waals surface area (Å²) in [5.41, 5.74) is -0.793. The van der Waals surface area contributed by atoms with Crippen molar-refractivity contribution in [3.8, 4) is 0 Å². The highest BCUT2D eigenvalue weighted by atomic mass is 32.2. The van der Waals surface area contributed by atoms with Crippen molar-refractivity contribution in [2.45, 2.75) is 18.3 Å². The van der Waals surface area contributed by atoms with Crippen molar-refractivity contribution in [1.82, 2.24) is 0 Å². The number of alkyl halides is 3. The number of rotatable bonds is 3. The van der Waals surface area contributed by atoms with E-state index in [1.807, 2.05) is 0 Å². The van der Waals surface area contributed by atoms with Gasteiger partial charge in [-0.15, -0.1) is 0 Å². The fraction of sp³-hybridized carbons (Fsp3) is 0.231. The monoisotopic (exact) mass is 300 g/mol. The molecule has 2 rings (SSSR count). The lowest BCUT2D eigenvalue weighted by Gasteiger charge is -2.11. The molecule has 1 atom stereocenters. The van der Waals surface area contributed by atoms with Crippen LogP contribution in [0.1, 0.15) is 12.5 Å². The molecule has 1 N–H and O–H groups in total. The van der Waals surface area contributed by atoms with Gasteiger partial charge >= 0.3 is 6.18 Å². The summed E-state index contributed by atoms with van der Waals surface area (Å²) in [6, 6.07) is 4.55. The summed E-state index contributed by atoms with van der Waals surface area (Å²) in [5, 5.41) is 2.46. The Hall–Kier alpha value is -1.76. The summed E-state index contributed by atoms with van der Waals surface area (Å²) in [6.45, 7) is 1.62. The van der Waals surface area contributed by atoms with E-state index in [2.05, 4.69) is 5.32 Å². The van der Waals surface area contributed by atoms with E-state index in [1.165, 1.54) is 18.4 Å². The molecule has 20 heavy (non-hydrogen) atoms. The van der Waals surface area contributed by atoms with Crippen LogP contribution >= 0.6 is 11.8 Å². The van der Waals surface area contributed by atoms with E-state index >= 15 is 0 Å². The number of anilines is 1. The van der Waals surface area contributed by atoms with E-state index in [0.717, 1.165) is 23.9 Å².